The number of nitrogens with one attached hydrogen (secondary N) is 2. The maximum atomic E-state index is 10.8. The molecule has 0 atom stereocenters. The fourth-order valence-corrected chi connectivity index (χ4v) is 1.89. The second kappa shape index (κ2) is 3.48. The van der Waals surface area contributed by atoms with E-state index >= 15 is 0 Å². The van der Waals surface area contributed by atoms with Gasteiger partial charge < -0.3 is 15.1 Å². The summed E-state index contributed by atoms with van der Waals surface area (Å²) < 4.78 is 0. The molecule has 0 amide bonds. The number of hydrogen-bond acceptors (Lipinski definition) is 2. The molecule has 3 heterocycles. The third kappa shape index (κ3) is 1.48. The molecule has 0 aliphatic heterocycles. The van der Waals surface area contributed by atoms with Crippen LogP contribution < -0.4 is 0 Å². The molecule has 3 aromatic rings. The maximum Gasteiger partial charge on any atom is 0.352 e. The van der Waals surface area contributed by atoms with E-state index in [2.05, 4.69) is 15.0 Å². The van der Waals surface area contributed by atoms with Gasteiger partial charge in [0.05, 0.1) is 0 Å². The molecule has 0 saturated heterocycles. The van der Waals surface area contributed by atoms with Gasteiger partial charge in [-0.05, 0) is 23.8 Å². The van der Waals surface area contributed by atoms with Crippen LogP contribution >= 0.6 is 0 Å². The quantitative estimate of drug-likeness (QED) is 0.628. The van der Waals surface area contributed by atoms with Gasteiger partial charge in [0.1, 0.15) is 11.3 Å². The van der Waals surface area contributed by atoms with Crippen molar-refractivity contribution in [1.82, 2.24) is 15.0 Å². The van der Waals surface area contributed by atoms with Gasteiger partial charge in [0.15, 0.2) is 0 Å². The molecule has 0 aromatic carbocycles. The zero-order valence-corrected chi connectivity index (χ0v) is 8.77. The highest BCUT2D eigenvalue weighted by Gasteiger charge is 2.10. The molecule has 0 fully saturated rings. The lowest BCUT2D eigenvalue weighted by Gasteiger charge is -1.98. The van der Waals surface area contributed by atoms with Crippen molar-refractivity contribution in [2.75, 3.05) is 0 Å². The standard InChI is InChI=1S/C12H9N3O2/c16-12(17)10-5-7(6-15-10)8-1-3-13-11-9(8)2-4-14-11/h1-6,15H,(H,13,14)(H,16,17). The Morgan fingerprint density at radius 1 is 1.29 bits per heavy atom. The minimum absolute atomic E-state index is 0.181. The minimum atomic E-state index is -0.962. The summed E-state index contributed by atoms with van der Waals surface area (Å²) >= 11 is 0. The van der Waals surface area contributed by atoms with E-state index in [9.17, 15) is 4.79 Å². The van der Waals surface area contributed by atoms with E-state index < -0.39 is 5.97 Å². The number of carboxylic acids is 1. The molecular weight excluding hydrogens is 218 g/mol. The van der Waals surface area contributed by atoms with E-state index in [0.29, 0.717) is 0 Å². The number of fused-ring (bicyclic) bond motifs is 1. The second-order valence-corrected chi connectivity index (χ2v) is 3.71. The van der Waals surface area contributed by atoms with Gasteiger partial charge >= 0.3 is 5.97 Å². The topological polar surface area (TPSA) is 81.8 Å². The molecule has 3 aromatic heterocycles. The van der Waals surface area contributed by atoms with Gasteiger partial charge in [0.2, 0.25) is 0 Å². The van der Waals surface area contributed by atoms with Gasteiger partial charge in [0, 0.05) is 29.5 Å². The van der Waals surface area contributed by atoms with Crippen molar-refractivity contribution in [1.29, 1.82) is 0 Å². The summed E-state index contributed by atoms with van der Waals surface area (Å²) in [6.45, 7) is 0. The molecule has 0 aliphatic carbocycles. The SMILES string of the molecule is O=C(O)c1cc(-c2ccnc3[nH]ccc23)c[nH]1. The van der Waals surface area contributed by atoms with Gasteiger partial charge in [-0.25, -0.2) is 9.78 Å². The third-order valence-electron chi connectivity index (χ3n) is 2.68. The van der Waals surface area contributed by atoms with Crippen LogP contribution in [-0.2, 0) is 0 Å². The first kappa shape index (κ1) is 9.65. The second-order valence-electron chi connectivity index (χ2n) is 3.71. The summed E-state index contributed by atoms with van der Waals surface area (Å²) in [6, 6.07) is 5.40. The number of aromatic carboxylic acids is 1. The van der Waals surface area contributed by atoms with Crippen molar-refractivity contribution in [3.05, 3.63) is 42.5 Å². The predicted octanol–water partition coefficient (Wildman–Crippen LogP) is 2.26. The summed E-state index contributed by atoms with van der Waals surface area (Å²) in [5.41, 5.74) is 2.77. The first-order chi connectivity index (χ1) is 8.25. The van der Waals surface area contributed by atoms with Gasteiger partial charge in [-0.2, -0.15) is 0 Å². The van der Waals surface area contributed by atoms with Gasteiger partial charge in [-0.3, -0.25) is 0 Å². The van der Waals surface area contributed by atoms with Crippen LogP contribution in [0.3, 0.4) is 0 Å². The van der Waals surface area contributed by atoms with Crippen LogP contribution in [0.1, 0.15) is 10.5 Å². The number of nitrogens with zero attached hydrogens (tertiary/aromatic N) is 1. The number of hydrogen-bond donors (Lipinski definition) is 3. The average Bonchev–Trinajstić information content (AvgIpc) is 2.97. The number of aromatic amines is 2. The monoisotopic (exact) mass is 227 g/mol. The van der Waals surface area contributed by atoms with E-state index in [1.54, 1.807) is 18.5 Å². The zero-order valence-electron chi connectivity index (χ0n) is 8.77. The summed E-state index contributed by atoms with van der Waals surface area (Å²) in [5, 5.41) is 9.84. The summed E-state index contributed by atoms with van der Waals surface area (Å²) in [4.78, 5) is 20.7. The highest BCUT2D eigenvalue weighted by Crippen LogP contribution is 2.27. The van der Waals surface area contributed by atoms with Crippen molar-refractivity contribution in [3.8, 4) is 11.1 Å². The summed E-state index contributed by atoms with van der Waals surface area (Å²) in [7, 11) is 0. The Balaban J connectivity index is 2.19. The Kier molecular flexibility index (Phi) is 1.98. The lowest BCUT2D eigenvalue weighted by molar-refractivity contribution is 0.0691. The number of carbonyl (C=O) groups is 1. The van der Waals surface area contributed by atoms with Gasteiger partial charge in [0.25, 0.3) is 0 Å². The molecule has 5 heteroatoms. The Labute approximate surface area is 96.1 Å². The number of aromatic nitrogens is 3. The fraction of sp³-hybridized carbons (Fsp3) is 0. The van der Waals surface area contributed by atoms with Crippen LogP contribution in [0.5, 0.6) is 0 Å². The lowest BCUT2D eigenvalue weighted by Crippen LogP contribution is -1.94. The van der Waals surface area contributed by atoms with Gasteiger partial charge in [-0.1, -0.05) is 0 Å². The Morgan fingerprint density at radius 3 is 2.94 bits per heavy atom. The number of rotatable bonds is 2. The maximum absolute atomic E-state index is 10.8. The highest BCUT2D eigenvalue weighted by molar-refractivity contribution is 5.95. The third-order valence-corrected chi connectivity index (χ3v) is 2.68. The number of pyridine rings is 1. The molecule has 0 aliphatic rings. The predicted molar refractivity (Wildman–Crippen MR) is 62.8 cm³/mol. The normalized spacial score (nSPS) is 10.8. The molecule has 0 radical (unpaired) electrons. The van der Waals surface area contributed by atoms with Crippen LogP contribution in [0.15, 0.2) is 36.8 Å². The average molecular weight is 227 g/mol. The fourth-order valence-electron chi connectivity index (χ4n) is 1.89. The molecule has 0 saturated carbocycles. The first-order valence-corrected chi connectivity index (χ1v) is 5.10. The van der Waals surface area contributed by atoms with Crippen LogP contribution in [0, 0.1) is 0 Å². The molecule has 0 bridgehead atoms. The molecule has 5 nitrogen and oxygen atoms in total. The molecule has 3 N–H and O–H groups in total. The zero-order chi connectivity index (χ0) is 11.8. The minimum Gasteiger partial charge on any atom is -0.477 e. The van der Waals surface area contributed by atoms with Crippen molar-refractivity contribution >= 4 is 17.0 Å². The van der Waals surface area contributed by atoms with Gasteiger partial charge in [-0.15, -0.1) is 0 Å². The molecule has 17 heavy (non-hydrogen) atoms. The van der Waals surface area contributed by atoms with E-state index in [0.717, 1.165) is 22.2 Å². The van der Waals surface area contributed by atoms with Crippen molar-refractivity contribution in [3.63, 3.8) is 0 Å². The first-order valence-electron chi connectivity index (χ1n) is 5.10. The van der Waals surface area contributed by atoms with Crippen molar-refractivity contribution < 1.29 is 9.90 Å². The van der Waals surface area contributed by atoms with Crippen LogP contribution in [0.4, 0.5) is 0 Å². The summed E-state index contributed by atoms with van der Waals surface area (Å²) in [5.74, 6) is -0.962. The molecule has 0 unspecified atom stereocenters. The summed E-state index contributed by atoms with van der Waals surface area (Å²) in [6.07, 6.45) is 5.19. The van der Waals surface area contributed by atoms with E-state index in [1.807, 2.05) is 18.3 Å². The molecule has 84 valence electrons. The van der Waals surface area contributed by atoms with E-state index in [4.69, 9.17) is 5.11 Å². The van der Waals surface area contributed by atoms with Crippen LogP contribution in [0.2, 0.25) is 0 Å². The lowest BCUT2D eigenvalue weighted by atomic mass is 10.1. The smallest absolute Gasteiger partial charge is 0.352 e. The van der Waals surface area contributed by atoms with E-state index in [-0.39, 0.29) is 5.69 Å². The van der Waals surface area contributed by atoms with Crippen LogP contribution in [0.25, 0.3) is 22.2 Å². The van der Waals surface area contributed by atoms with Crippen molar-refractivity contribution in [2.45, 2.75) is 0 Å². The molecule has 3 rings (SSSR count). The Hall–Kier alpha value is -2.56. The van der Waals surface area contributed by atoms with Crippen molar-refractivity contribution in [2.24, 2.45) is 0 Å². The van der Waals surface area contributed by atoms with Crippen LogP contribution in [-0.4, -0.2) is 26.0 Å². The Morgan fingerprint density at radius 2 is 2.18 bits per heavy atom. The van der Waals surface area contributed by atoms with E-state index in [1.165, 1.54) is 0 Å². The largest absolute Gasteiger partial charge is 0.477 e. The Bertz CT molecular complexity index is 696. The number of carboxylic acid groups (broad SMARTS) is 1. The molecular formula is C12H9N3O2. The highest BCUT2D eigenvalue weighted by atomic mass is 16.4. The molecule has 0 spiro atoms. The number of H-pyrrole nitrogens is 2.